The number of carbonyl (C=O) groups is 1. The number of ether oxygens (including phenoxy) is 1. The molecule has 4 heteroatoms. The van der Waals surface area contributed by atoms with Crippen molar-refractivity contribution in [2.45, 2.75) is 20.3 Å². The fourth-order valence-corrected chi connectivity index (χ4v) is 1.08. The summed E-state index contributed by atoms with van der Waals surface area (Å²) in [5, 5.41) is 2.99. The molecular weight excluding hydrogens is 198 g/mol. The summed E-state index contributed by atoms with van der Waals surface area (Å²) < 4.78 is 4.82. The number of carbonyl (C=O) groups excluding carboxylic acids is 1. The molecule has 14 heavy (non-hydrogen) atoms. The highest BCUT2D eigenvalue weighted by atomic mass is 32.1. The first-order valence-corrected chi connectivity index (χ1v) is 5.06. The molecule has 0 fully saturated rings. The van der Waals surface area contributed by atoms with Gasteiger partial charge in [0, 0.05) is 12.5 Å². The Morgan fingerprint density at radius 1 is 1.71 bits per heavy atom. The minimum atomic E-state index is -0.206. The molecule has 1 unspecified atom stereocenters. The average molecular weight is 215 g/mol. The van der Waals surface area contributed by atoms with Gasteiger partial charge in [0.2, 0.25) is 0 Å². The summed E-state index contributed by atoms with van der Waals surface area (Å²) in [6.07, 6.45) is 2.06. The van der Waals surface area contributed by atoms with Crippen LogP contribution in [-0.2, 0) is 9.53 Å². The lowest BCUT2D eigenvalue weighted by molar-refractivity contribution is -0.143. The average Bonchev–Trinajstić information content (AvgIpc) is 2.14. The second kappa shape index (κ2) is 7.50. The van der Waals surface area contributed by atoms with E-state index in [0.717, 1.165) is 0 Å². The molecule has 0 aliphatic heterocycles. The van der Waals surface area contributed by atoms with Crippen LogP contribution in [0, 0.1) is 5.92 Å². The van der Waals surface area contributed by atoms with E-state index in [1.165, 1.54) is 0 Å². The van der Waals surface area contributed by atoms with Gasteiger partial charge in [0.05, 0.1) is 18.0 Å². The molecular formula is C10H17NO2S. The van der Waals surface area contributed by atoms with Gasteiger partial charge in [0.25, 0.3) is 0 Å². The summed E-state index contributed by atoms with van der Waals surface area (Å²) in [6.45, 7) is 8.30. The van der Waals surface area contributed by atoms with E-state index in [0.29, 0.717) is 24.6 Å². The fourth-order valence-electron chi connectivity index (χ4n) is 0.910. The van der Waals surface area contributed by atoms with Crippen molar-refractivity contribution < 1.29 is 9.53 Å². The van der Waals surface area contributed by atoms with Gasteiger partial charge in [-0.25, -0.2) is 0 Å². The van der Waals surface area contributed by atoms with Crippen LogP contribution in [0.5, 0.6) is 0 Å². The predicted molar refractivity (Wildman–Crippen MR) is 61.2 cm³/mol. The molecule has 0 saturated heterocycles. The Labute approximate surface area is 90.5 Å². The molecule has 1 atom stereocenters. The first-order valence-electron chi connectivity index (χ1n) is 4.66. The normalized spacial score (nSPS) is 11.6. The Morgan fingerprint density at radius 3 is 2.86 bits per heavy atom. The van der Waals surface area contributed by atoms with Crippen molar-refractivity contribution in [3.8, 4) is 0 Å². The van der Waals surface area contributed by atoms with E-state index in [4.69, 9.17) is 17.0 Å². The molecule has 0 radical (unpaired) electrons. The summed E-state index contributed by atoms with van der Waals surface area (Å²) in [6, 6.07) is 0. The highest BCUT2D eigenvalue weighted by molar-refractivity contribution is 7.80. The molecule has 0 aromatic heterocycles. The van der Waals surface area contributed by atoms with Gasteiger partial charge in [0.15, 0.2) is 0 Å². The minimum Gasteiger partial charge on any atom is -0.466 e. The van der Waals surface area contributed by atoms with Crippen molar-refractivity contribution in [3.63, 3.8) is 0 Å². The molecule has 0 bridgehead atoms. The van der Waals surface area contributed by atoms with E-state index >= 15 is 0 Å². The molecule has 0 aromatic carbocycles. The molecule has 0 heterocycles. The SMILES string of the molecule is C=CCNC(=S)C(C)CC(=O)OCC. The third-order valence-electron chi connectivity index (χ3n) is 1.65. The molecule has 1 N–H and O–H groups in total. The van der Waals surface area contributed by atoms with Gasteiger partial charge in [-0.15, -0.1) is 6.58 Å². The fraction of sp³-hybridized carbons (Fsp3) is 0.600. The smallest absolute Gasteiger partial charge is 0.306 e. The lowest BCUT2D eigenvalue weighted by Gasteiger charge is -2.12. The zero-order valence-electron chi connectivity index (χ0n) is 8.71. The molecule has 0 saturated carbocycles. The van der Waals surface area contributed by atoms with Crippen LogP contribution >= 0.6 is 12.2 Å². The van der Waals surface area contributed by atoms with Crippen LogP contribution in [0.15, 0.2) is 12.7 Å². The van der Waals surface area contributed by atoms with Crippen molar-refractivity contribution in [2.75, 3.05) is 13.2 Å². The van der Waals surface area contributed by atoms with Crippen molar-refractivity contribution in [3.05, 3.63) is 12.7 Å². The zero-order valence-corrected chi connectivity index (χ0v) is 9.52. The van der Waals surface area contributed by atoms with Crippen molar-refractivity contribution in [1.82, 2.24) is 5.32 Å². The summed E-state index contributed by atoms with van der Waals surface area (Å²) in [7, 11) is 0. The Bertz CT molecular complexity index is 216. The molecule has 0 aliphatic rings. The van der Waals surface area contributed by atoms with Gasteiger partial charge in [-0.2, -0.15) is 0 Å². The maximum absolute atomic E-state index is 11.1. The number of hydrogen-bond donors (Lipinski definition) is 1. The quantitative estimate of drug-likeness (QED) is 0.415. The van der Waals surface area contributed by atoms with Crippen molar-refractivity contribution in [2.24, 2.45) is 5.92 Å². The summed E-state index contributed by atoms with van der Waals surface area (Å²) in [4.78, 5) is 11.8. The highest BCUT2D eigenvalue weighted by Gasteiger charge is 2.13. The van der Waals surface area contributed by atoms with Gasteiger partial charge in [-0.05, 0) is 6.92 Å². The van der Waals surface area contributed by atoms with Crippen LogP contribution in [0.3, 0.4) is 0 Å². The zero-order chi connectivity index (χ0) is 11.0. The van der Waals surface area contributed by atoms with Crippen LogP contribution in [0.25, 0.3) is 0 Å². The Hall–Kier alpha value is -0.900. The van der Waals surface area contributed by atoms with E-state index in [1.807, 2.05) is 6.92 Å². The topological polar surface area (TPSA) is 38.3 Å². The number of hydrogen-bond acceptors (Lipinski definition) is 3. The van der Waals surface area contributed by atoms with Gasteiger partial charge < -0.3 is 10.1 Å². The Morgan fingerprint density at radius 2 is 2.36 bits per heavy atom. The predicted octanol–water partition coefficient (Wildman–Crippen LogP) is 1.68. The van der Waals surface area contributed by atoms with Gasteiger partial charge >= 0.3 is 5.97 Å². The molecule has 80 valence electrons. The van der Waals surface area contributed by atoms with Gasteiger partial charge in [-0.1, -0.05) is 25.2 Å². The number of nitrogens with one attached hydrogen (secondary N) is 1. The lowest BCUT2D eigenvalue weighted by atomic mass is 10.1. The third kappa shape index (κ3) is 5.70. The standard InChI is InChI=1S/C10H17NO2S/c1-4-6-11-10(14)8(3)7-9(12)13-5-2/h4,8H,1,5-7H2,2-3H3,(H,11,14). The van der Waals surface area contributed by atoms with Crippen molar-refractivity contribution >= 4 is 23.2 Å². The van der Waals surface area contributed by atoms with Gasteiger partial charge in [0.1, 0.15) is 0 Å². The molecule has 0 spiro atoms. The van der Waals surface area contributed by atoms with Crippen LogP contribution < -0.4 is 5.32 Å². The minimum absolute atomic E-state index is 0.0176. The molecule has 0 amide bonds. The Kier molecular flexibility index (Phi) is 7.02. The van der Waals surface area contributed by atoms with Crippen LogP contribution in [0.1, 0.15) is 20.3 Å². The van der Waals surface area contributed by atoms with E-state index in [1.54, 1.807) is 13.0 Å². The number of esters is 1. The maximum atomic E-state index is 11.1. The van der Waals surface area contributed by atoms with Crippen LogP contribution in [-0.4, -0.2) is 24.1 Å². The van der Waals surface area contributed by atoms with Gasteiger partial charge in [-0.3, -0.25) is 4.79 Å². The summed E-state index contributed by atoms with van der Waals surface area (Å²) in [5.41, 5.74) is 0. The first-order chi connectivity index (χ1) is 6.61. The summed E-state index contributed by atoms with van der Waals surface area (Å²) in [5.74, 6) is -0.188. The maximum Gasteiger partial charge on any atom is 0.306 e. The highest BCUT2D eigenvalue weighted by Crippen LogP contribution is 2.04. The molecule has 0 aromatic rings. The molecule has 0 aliphatic carbocycles. The lowest BCUT2D eigenvalue weighted by Crippen LogP contribution is -2.29. The van der Waals surface area contributed by atoms with E-state index in [-0.39, 0.29) is 11.9 Å². The molecule has 3 nitrogen and oxygen atoms in total. The Balaban J connectivity index is 3.82. The van der Waals surface area contributed by atoms with E-state index < -0.39 is 0 Å². The van der Waals surface area contributed by atoms with E-state index in [2.05, 4.69) is 11.9 Å². The van der Waals surface area contributed by atoms with Crippen molar-refractivity contribution in [1.29, 1.82) is 0 Å². The first kappa shape index (κ1) is 13.1. The largest absolute Gasteiger partial charge is 0.466 e. The number of rotatable bonds is 6. The van der Waals surface area contributed by atoms with Crippen LogP contribution in [0.4, 0.5) is 0 Å². The number of thiocarbonyl (C=S) groups is 1. The summed E-state index contributed by atoms with van der Waals surface area (Å²) >= 11 is 5.08. The second-order valence-electron chi connectivity index (χ2n) is 2.94. The third-order valence-corrected chi connectivity index (χ3v) is 2.19. The monoisotopic (exact) mass is 215 g/mol. The molecule has 0 rings (SSSR count). The van der Waals surface area contributed by atoms with Crippen LogP contribution in [0.2, 0.25) is 0 Å². The van der Waals surface area contributed by atoms with E-state index in [9.17, 15) is 4.79 Å². The second-order valence-corrected chi connectivity index (χ2v) is 3.38.